The number of nitrogens with zero attached hydrogens (tertiary/aromatic N) is 2. The fraction of sp³-hybridized carbons (Fsp3) is 0.250. The molecule has 0 atom stereocenters. The van der Waals surface area contributed by atoms with Crippen LogP contribution in [-0.2, 0) is 0 Å². The lowest BCUT2D eigenvalue weighted by Gasteiger charge is -1.91. The third kappa shape index (κ3) is 1.42. The molecule has 13 heavy (non-hydrogen) atoms. The first-order chi connectivity index (χ1) is 6.31. The highest BCUT2D eigenvalue weighted by molar-refractivity contribution is 7.14. The number of thiazole rings is 1. The number of anilines is 1. The van der Waals surface area contributed by atoms with E-state index in [9.17, 15) is 0 Å². The van der Waals surface area contributed by atoms with E-state index in [1.165, 1.54) is 0 Å². The Morgan fingerprint density at radius 3 is 2.92 bits per heavy atom. The molecule has 2 heterocycles. The predicted octanol–water partition coefficient (Wildman–Crippen LogP) is 1.88. The molecule has 0 bridgehead atoms. The van der Waals surface area contributed by atoms with Crippen molar-refractivity contribution >= 4 is 16.5 Å². The molecule has 0 aliphatic heterocycles. The van der Waals surface area contributed by atoms with Gasteiger partial charge >= 0.3 is 0 Å². The van der Waals surface area contributed by atoms with E-state index in [0.29, 0.717) is 0 Å². The van der Waals surface area contributed by atoms with Crippen LogP contribution in [0.5, 0.6) is 0 Å². The molecule has 2 aromatic rings. The lowest BCUT2D eigenvalue weighted by molar-refractivity contribution is 1.05. The standard InChI is InChI=1S/C8H10N4S/c1-5-6(3-10-12-5)7-4-13-8(9-2)11-7/h3-4H,1-2H3,(H,9,11)(H,10,12). The fourth-order valence-electron chi connectivity index (χ4n) is 1.13. The molecule has 2 N–H and O–H groups in total. The quantitative estimate of drug-likeness (QED) is 0.767. The summed E-state index contributed by atoms with van der Waals surface area (Å²) in [6, 6.07) is 0. The van der Waals surface area contributed by atoms with Crippen LogP contribution in [0.3, 0.4) is 0 Å². The highest BCUT2D eigenvalue weighted by atomic mass is 32.1. The number of hydrogen-bond acceptors (Lipinski definition) is 4. The minimum Gasteiger partial charge on any atom is -0.365 e. The molecule has 4 nitrogen and oxygen atoms in total. The average Bonchev–Trinajstić information content (AvgIpc) is 2.71. The van der Waals surface area contributed by atoms with Gasteiger partial charge in [0.2, 0.25) is 0 Å². The van der Waals surface area contributed by atoms with Gasteiger partial charge in [0.1, 0.15) is 0 Å². The van der Waals surface area contributed by atoms with Crippen molar-refractivity contribution in [3.05, 3.63) is 17.3 Å². The Bertz CT molecular complexity index is 404. The number of hydrogen-bond donors (Lipinski definition) is 2. The van der Waals surface area contributed by atoms with Crippen molar-refractivity contribution in [2.45, 2.75) is 6.92 Å². The van der Waals surface area contributed by atoms with Gasteiger partial charge in [-0.3, -0.25) is 5.10 Å². The normalized spacial score (nSPS) is 10.3. The van der Waals surface area contributed by atoms with E-state index in [1.54, 1.807) is 11.3 Å². The SMILES string of the molecule is CNc1nc(-c2c[nH]nc2C)cs1. The average molecular weight is 194 g/mol. The molecular weight excluding hydrogens is 184 g/mol. The molecule has 0 spiro atoms. The highest BCUT2D eigenvalue weighted by Crippen LogP contribution is 2.25. The van der Waals surface area contributed by atoms with Crippen LogP contribution < -0.4 is 5.32 Å². The lowest BCUT2D eigenvalue weighted by atomic mass is 10.2. The van der Waals surface area contributed by atoms with Crippen molar-refractivity contribution in [3.8, 4) is 11.3 Å². The van der Waals surface area contributed by atoms with Gasteiger partial charge in [0.05, 0.1) is 11.4 Å². The molecule has 2 aromatic heterocycles. The van der Waals surface area contributed by atoms with Crippen molar-refractivity contribution in [1.29, 1.82) is 0 Å². The van der Waals surface area contributed by atoms with E-state index in [1.807, 2.05) is 25.5 Å². The van der Waals surface area contributed by atoms with Gasteiger partial charge in [0.25, 0.3) is 0 Å². The molecule has 0 saturated carbocycles. The first-order valence-corrected chi connectivity index (χ1v) is 4.83. The van der Waals surface area contributed by atoms with E-state index in [-0.39, 0.29) is 0 Å². The Morgan fingerprint density at radius 2 is 2.38 bits per heavy atom. The van der Waals surface area contributed by atoms with Gasteiger partial charge < -0.3 is 5.32 Å². The first kappa shape index (κ1) is 8.25. The molecule has 68 valence electrons. The largest absolute Gasteiger partial charge is 0.365 e. The summed E-state index contributed by atoms with van der Waals surface area (Å²) in [4.78, 5) is 4.38. The van der Waals surface area contributed by atoms with E-state index in [2.05, 4.69) is 20.5 Å². The Balaban J connectivity index is 2.41. The second-order valence-corrected chi connectivity index (χ2v) is 3.53. The zero-order chi connectivity index (χ0) is 9.26. The summed E-state index contributed by atoms with van der Waals surface area (Å²) in [5.74, 6) is 0. The van der Waals surface area contributed by atoms with Crippen LogP contribution in [0.25, 0.3) is 11.3 Å². The minimum absolute atomic E-state index is 0.926. The zero-order valence-corrected chi connectivity index (χ0v) is 8.27. The third-order valence-electron chi connectivity index (χ3n) is 1.82. The van der Waals surface area contributed by atoms with E-state index in [0.717, 1.165) is 22.1 Å². The van der Waals surface area contributed by atoms with Crippen molar-refractivity contribution in [2.75, 3.05) is 12.4 Å². The molecule has 0 aliphatic rings. The summed E-state index contributed by atoms with van der Waals surface area (Å²) in [6.45, 7) is 1.96. The lowest BCUT2D eigenvalue weighted by Crippen LogP contribution is -1.86. The second kappa shape index (κ2) is 3.18. The van der Waals surface area contributed by atoms with Gasteiger partial charge in [-0.1, -0.05) is 0 Å². The molecule has 0 saturated heterocycles. The number of rotatable bonds is 2. The topological polar surface area (TPSA) is 53.6 Å². The Morgan fingerprint density at radius 1 is 1.54 bits per heavy atom. The number of aromatic nitrogens is 3. The zero-order valence-electron chi connectivity index (χ0n) is 7.46. The molecule has 5 heteroatoms. The van der Waals surface area contributed by atoms with Gasteiger partial charge in [0.15, 0.2) is 5.13 Å². The summed E-state index contributed by atoms with van der Waals surface area (Å²) < 4.78 is 0. The molecule has 0 fully saturated rings. The molecule has 0 unspecified atom stereocenters. The number of nitrogens with one attached hydrogen (secondary N) is 2. The van der Waals surface area contributed by atoms with Crippen LogP contribution >= 0.6 is 11.3 Å². The minimum atomic E-state index is 0.926. The number of H-pyrrole nitrogens is 1. The van der Waals surface area contributed by atoms with Crippen molar-refractivity contribution in [3.63, 3.8) is 0 Å². The highest BCUT2D eigenvalue weighted by Gasteiger charge is 2.07. The fourth-order valence-corrected chi connectivity index (χ4v) is 1.80. The summed E-state index contributed by atoms with van der Waals surface area (Å²) in [6.07, 6.45) is 1.86. The summed E-state index contributed by atoms with van der Waals surface area (Å²) in [5.41, 5.74) is 3.02. The third-order valence-corrected chi connectivity index (χ3v) is 2.68. The van der Waals surface area contributed by atoms with Crippen molar-refractivity contribution < 1.29 is 0 Å². The van der Waals surface area contributed by atoms with Gasteiger partial charge in [-0.05, 0) is 6.92 Å². The van der Waals surface area contributed by atoms with Crippen LogP contribution in [-0.4, -0.2) is 22.2 Å². The summed E-state index contributed by atoms with van der Waals surface area (Å²) in [5, 5.41) is 12.8. The Hall–Kier alpha value is -1.36. The molecule has 0 radical (unpaired) electrons. The Labute approximate surface area is 80.0 Å². The second-order valence-electron chi connectivity index (χ2n) is 2.67. The Kier molecular flexibility index (Phi) is 2.02. The van der Waals surface area contributed by atoms with E-state index < -0.39 is 0 Å². The van der Waals surface area contributed by atoms with Crippen LogP contribution in [0, 0.1) is 6.92 Å². The van der Waals surface area contributed by atoms with Crippen LogP contribution in [0.15, 0.2) is 11.6 Å². The molecular formula is C8H10N4S. The maximum atomic E-state index is 4.38. The van der Waals surface area contributed by atoms with E-state index >= 15 is 0 Å². The smallest absolute Gasteiger partial charge is 0.182 e. The van der Waals surface area contributed by atoms with Gasteiger partial charge in [-0.15, -0.1) is 11.3 Å². The molecule has 0 aromatic carbocycles. The maximum Gasteiger partial charge on any atom is 0.182 e. The van der Waals surface area contributed by atoms with Gasteiger partial charge in [-0.25, -0.2) is 4.98 Å². The van der Waals surface area contributed by atoms with Crippen LogP contribution in [0.2, 0.25) is 0 Å². The molecule has 0 amide bonds. The van der Waals surface area contributed by atoms with Crippen molar-refractivity contribution in [1.82, 2.24) is 15.2 Å². The monoisotopic (exact) mass is 194 g/mol. The van der Waals surface area contributed by atoms with Gasteiger partial charge in [-0.2, -0.15) is 5.10 Å². The molecule has 0 aliphatic carbocycles. The van der Waals surface area contributed by atoms with Crippen molar-refractivity contribution in [2.24, 2.45) is 0 Å². The summed E-state index contributed by atoms with van der Waals surface area (Å²) >= 11 is 1.59. The van der Waals surface area contributed by atoms with E-state index in [4.69, 9.17) is 0 Å². The van der Waals surface area contributed by atoms with Crippen LogP contribution in [0.1, 0.15) is 5.69 Å². The van der Waals surface area contributed by atoms with Gasteiger partial charge in [0, 0.05) is 24.2 Å². The number of aromatic amines is 1. The summed E-state index contributed by atoms with van der Waals surface area (Å²) in [7, 11) is 1.87. The first-order valence-electron chi connectivity index (χ1n) is 3.95. The molecule has 2 rings (SSSR count). The predicted molar refractivity (Wildman–Crippen MR) is 54.0 cm³/mol. The maximum absolute atomic E-state index is 4.38. The number of aryl methyl sites for hydroxylation is 1. The van der Waals surface area contributed by atoms with Crippen LogP contribution in [0.4, 0.5) is 5.13 Å².